The second-order valence-electron chi connectivity index (χ2n) is 30.5. The second kappa shape index (κ2) is 57.0. The van der Waals surface area contributed by atoms with Crippen LogP contribution in [0.3, 0.4) is 0 Å². The third kappa shape index (κ3) is 35.2. The van der Waals surface area contributed by atoms with Gasteiger partial charge in [0.2, 0.25) is 35.4 Å². The number of hydrogen-bond donors (Lipinski definition) is 12. The van der Waals surface area contributed by atoms with E-state index in [4.69, 9.17) is 181 Å². The van der Waals surface area contributed by atoms with Crippen LogP contribution in [0, 0.1) is 53.2 Å². The van der Waals surface area contributed by atoms with E-state index in [1.165, 1.54) is 24.3 Å². The summed E-state index contributed by atoms with van der Waals surface area (Å²) in [5.74, 6) is -16.5. The average molecular weight is 2530 g/mol. The number of aryl methyl sites for hydroxylation is 6. The van der Waals surface area contributed by atoms with Crippen molar-refractivity contribution in [2.45, 2.75) is 119 Å². The Morgan fingerprint density at radius 3 is 0.567 bits per heavy atom. The van der Waals surface area contributed by atoms with Gasteiger partial charge >= 0.3 is 35.8 Å². The summed E-state index contributed by atoms with van der Waals surface area (Å²) in [7, 11) is 0. The quantitative estimate of drug-likeness (QED) is 0.0199. The first-order valence-corrected chi connectivity index (χ1v) is 49.1. The molecule has 0 aliphatic carbocycles. The number of halogens is 18. The second-order valence-corrected chi connectivity index (χ2v) is 37.8. The third-order valence-electron chi connectivity index (χ3n) is 18.9. The maximum absolute atomic E-state index is 13.8. The molecule has 792 valence electrons. The topological polar surface area (TPSA) is 608 Å². The standard InChI is InChI=1S/2C15H12BrCl2N3O4.C15H12BrClFN3O4.2C15H12Cl3N3O4.C15H12Cl2FN3O4/c2*1-7-2-3-9(8(17)6-7)19-15(25)13-12(16)14(18)21(20-13)10(22)4-5-11(23)24;1-7-2-3-9(8(18)6-7)19-15(25)13-12(16)14(17)21(20-13)10(22)4-5-11(23)24;2*1-7-2-3-9(8(16)6-7)19-15(25)13-12(17)14(18)21(20-13)10(22)4-5-11(23)24;1-7-2-3-9(8(18)6-7)19-15(25)13-12(16)14(17)21(20-13)10(22)4-5-11(23)24/h6*2-3,6H,4-5H2,1H3,(H,19,25)(H,23,24). The normalized spacial score (nSPS) is 10.6. The lowest BCUT2D eigenvalue weighted by Gasteiger charge is -2.06. The van der Waals surface area contributed by atoms with Gasteiger partial charge in [-0.15, -0.1) is 0 Å². The van der Waals surface area contributed by atoms with Crippen molar-refractivity contribution in [1.29, 1.82) is 0 Å². The van der Waals surface area contributed by atoms with E-state index >= 15 is 0 Å². The van der Waals surface area contributed by atoms with Crippen molar-refractivity contribution in [3.05, 3.63) is 268 Å². The Bertz CT molecular complexity index is 6300. The lowest BCUT2D eigenvalue weighted by Crippen LogP contribution is -2.17. The molecule has 0 unspecified atom stereocenters. The van der Waals surface area contributed by atoms with E-state index in [1.54, 1.807) is 98.8 Å². The molecule has 12 N–H and O–H groups in total. The van der Waals surface area contributed by atoms with Gasteiger partial charge in [-0.25, -0.2) is 8.78 Å². The van der Waals surface area contributed by atoms with Crippen molar-refractivity contribution >= 4 is 339 Å². The van der Waals surface area contributed by atoms with Gasteiger partial charge < -0.3 is 62.5 Å². The van der Waals surface area contributed by atoms with Crippen molar-refractivity contribution in [3.63, 3.8) is 0 Å². The van der Waals surface area contributed by atoms with Crippen LogP contribution < -0.4 is 31.9 Å². The van der Waals surface area contributed by atoms with Crippen LogP contribution in [0.2, 0.25) is 66.1 Å². The highest BCUT2D eigenvalue weighted by atomic mass is 79.9. The molecule has 0 fully saturated rings. The van der Waals surface area contributed by atoms with Crippen molar-refractivity contribution < 1.29 is 126 Å². The third-order valence-corrected chi connectivity index (χ3v) is 26.6. The molecule has 0 atom stereocenters. The predicted octanol–water partition coefficient (Wildman–Crippen LogP) is 22.8. The summed E-state index contributed by atoms with van der Waals surface area (Å²) in [6, 6.07) is 28.7. The van der Waals surface area contributed by atoms with Gasteiger partial charge in [0, 0.05) is 38.5 Å². The number of carboxylic acid groups (broad SMARTS) is 6. The Morgan fingerprint density at radius 2 is 0.393 bits per heavy atom. The molecule has 0 bridgehead atoms. The van der Waals surface area contributed by atoms with E-state index in [0.717, 1.165) is 36.3 Å². The molecule has 0 aliphatic heterocycles. The highest BCUT2D eigenvalue weighted by molar-refractivity contribution is 9.11. The van der Waals surface area contributed by atoms with E-state index < -0.39 is 144 Å². The minimum atomic E-state index is -1.17. The monoisotopic (exact) mass is 2520 g/mol. The highest BCUT2D eigenvalue weighted by Gasteiger charge is 2.33. The van der Waals surface area contributed by atoms with Gasteiger partial charge in [-0.3, -0.25) is 86.3 Å². The number of amides is 6. The summed E-state index contributed by atoms with van der Waals surface area (Å²) >= 11 is 87.0. The molecular formula is C90H72Br3Cl13F2N18O24. The fraction of sp³-hybridized carbons (Fsp3) is 0.200. The minimum absolute atomic E-state index is 0.0443. The summed E-state index contributed by atoms with van der Waals surface area (Å²) < 4.78 is 32.3. The summed E-state index contributed by atoms with van der Waals surface area (Å²) in [4.78, 5) is 209. The first-order chi connectivity index (χ1) is 70.2. The van der Waals surface area contributed by atoms with Crippen molar-refractivity contribution in [2.75, 3.05) is 31.9 Å². The van der Waals surface area contributed by atoms with Gasteiger partial charge in [-0.05, 0) is 196 Å². The number of nitrogens with zero attached hydrogens (tertiary/aromatic N) is 12. The number of hydrogen-bond acceptors (Lipinski definition) is 24. The lowest BCUT2D eigenvalue weighted by molar-refractivity contribution is -0.137. The van der Waals surface area contributed by atoms with E-state index in [9.17, 15) is 95.1 Å². The number of aromatic nitrogens is 12. The van der Waals surface area contributed by atoms with Crippen molar-refractivity contribution in [2.24, 2.45) is 0 Å². The molecule has 0 saturated heterocycles. The molecule has 6 amide bonds. The fourth-order valence-corrected chi connectivity index (χ4v) is 15.8. The number of carbonyl (C=O) groups is 18. The van der Waals surface area contributed by atoms with E-state index in [2.05, 4.69) is 110 Å². The Balaban J connectivity index is 0.000000243. The zero-order chi connectivity index (χ0) is 112. The van der Waals surface area contributed by atoms with Gasteiger partial charge in [0.05, 0.1) is 106 Å². The van der Waals surface area contributed by atoms with Crippen LogP contribution >= 0.6 is 199 Å². The van der Waals surface area contributed by atoms with Crippen LogP contribution in [0.25, 0.3) is 0 Å². The first kappa shape index (κ1) is 124. The summed E-state index contributed by atoms with van der Waals surface area (Å²) in [5.41, 5.74) is 4.97. The maximum Gasteiger partial charge on any atom is 0.303 e. The molecule has 60 heteroatoms. The number of carbonyl (C=O) groups excluding carboxylic acids is 12. The predicted molar refractivity (Wildman–Crippen MR) is 561 cm³/mol. The number of carboxylic acids is 6. The zero-order valence-corrected chi connectivity index (χ0v) is 91.7. The minimum Gasteiger partial charge on any atom is -0.481 e. The average Bonchev–Trinajstić information content (AvgIpc) is 1.68. The van der Waals surface area contributed by atoms with E-state index in [0.29, 0.717) is 68.0 Å². The van der Waals surface area contributed by atoms with Gasteiger partial charge in [0.15, 0.2) is 65.1 Å². The molecule has 12 aromatic rings. The zero-order valence-electron chi connectivity index (χ0n) is 77.1. The highest BCUT2D eigenvalue weighted by Crippen LogP contribution is 2.37. The Morgan fingerprint density at radius 1 is 0.240 bits per heavy atom. The molecule has 0 saturated carbocycles. The molecule has 0 aliphatic rings. The Hall–Kier alpha value is -12.7. The van der Waals surface area contributed by atoms with E-state index in [-0.39, 0.29) is 156 Å². The smallest absolute Gasteiger partial charge is 0.303 e. The Labute approximate surface area is 934 Å². The van der Waals surface area contributed by atoms with Crippen LogP contribution in [0.4, 0.5) is 42.9 Å². The van der Waals surface area contributed by atoms with Crippen LogP contribution in [-0.4, -0.2) is 196 Å². The number of benzene rings is 6. The first-order valence-electron chi connectivity index (χ1n) is 41.8. The number of aliphatic carboxylic acids is 6. The fourth-order valence-electron chi connectivity index (χ4n) is 11.5. The molecule has 6 aromatic heterocycles. The van der Waals surface area contributed by atoms with E-state index in [1.807, 2.05) is 27.7 Å². The number of nitrogens with one attached hydrogen (secondary N) is 6. The molecule has 42 nitrogen and oxygen atoms in total. The maximum atomic E-state index is 13.8. The molecular weight excluding hydrogens is 2460 g/mol. The summed E-state index contributed by atoms with van der Waals surface area (Å²) in [5, 5.41) is 88.7. The van der Waals surface area contributed by atoms with Crippen LogP contribution in [0.15, 0.2) is 123 Å². The molecule has 6 heterocycles. The van der Waals surface area contributed by atoms with Crippen LogP contribution in [0.5, 0.6) is 0 Å². The summed E-state index contributed by atoms with van der Waals surface area (Å²) in [6.45, 7) is 10.8. The van der Waals surface area contributed by atoms with Crippen LogP contribution in [0.1, 0.15) is 202 Å². The summed E-state index contributed by atoms with van der Waals surface area (Å²) in [6.07, 6.45) is -4.33. The van der Waals surface area contributed by atoms with Crippen molar-refractivity contribution in [1.82, 2.24) is 58.7 Å². The Kier molecular flexibility index (Phi) is 47.2. The van der Waals surface area contributed by atoms with Gasteiger partial charge in [-0.1, -0.05) is 187 Å². The van der Waals surface area contributed by atoms with Gasteiger partial charge in [-0.2, -0.15) is 58.7 Å². The van der Waals surface area contributed by atoms with Gasteiger partial charge in [0.25, 0.3) is 35.4 Å². The molecule has 150 heavy (non-hydrogen) atoms. The molecule has 0 radical (unpaired) electrons. The molecule has 6 aromatic carbocycles. The number of rotatable bonds is 30. The van der Waals surface area contributed by atoms with Gasteiger partial charge in [0.1, 0.15) is 26.7 Å². The van der Waals surface area contributed by atoms with Crippen LogP contribution in [-0.2, 0) is 28.8 Å². The molecule has 12 rings (SSSR count). The number of anilines is 6. The SMILES string of the molecule is Cc1ccc(NC(=O)c2nn(C(=O)CCC(=O)O)c(Cl)c2Br)c(Cl)c1.Cc1ccc(NC(=O)c2nn(C(=O)CCC(=O)O)c(Cl)c2Br)c(Cl)c1.Cc1ccc(NC(=O)c2nn(C(=O)CCC(=O)O)c(Cl)c2Br)c(F)c1.Cc1ccc(NC(=O)c2nn(C(=O)CCC(=O)O)c(Cl)c2Cl)c(Cl)c1.Cc1ccc(NC(=O)c2nn(C(=O)CCC(=O)O)c(Cl)c2Cl)c(Cl)c1.Cc1ccc(NC(=O)c2nn(C(=O)CCC(=O)O)c(Cl)c2Cl)c(F)c1. The largest absolute Gasteiger partial charge is 0.481 e. The van der Waals surface area contributed by atoms with Crippen molar-refractivity contribution in [3.8, 4) is 0 Å². The molecule has 0 spiro atoms. The lowest BCUT2D eigenvalue weighted by atomic mass is 10.2.